The molecule has 2 heterocycles. The van der Waals surface area contributed by atoms with Crippen LogP contribution in [0.2, 0.25) is 0 Å². The Morgan fingerprint density at radius 2 is 1.79 bits per heavy atom. The Morgan fingerprint density at radius 1 is 1.07 bits per heavy atom. The molecule has 138 valence electrons. The Bertz CT molecular complexity index is 1030. The molecule has 0 bridgehead atoms. The molecule has 0 aliphatic heterocycles. The summed E-state index contributed by atoms with van der Waals surface area (Å²) in [5.74, 6) is 0.967. The summed E-state index contributed by atoms with van der Waals surface area (Å²) in [6.07, 6.45) is 6.84. The zero-order valence-electron chi connectivity index (χ0n) is 15.5. The van der Waals surface area contributed by atoms with Gasteiger partial charge < -0.3 is 9.47 Å². The number of hydrogen-bond donors (Lipinski definition) is 0. The third-order valence-corrected chi connectivity index (χ3v) is 4.75. The second kappa shape index (κ2) is 7.93. The van der Waals surface area contributed by atoms with Crippen molar-refractivity contribution in [3.8, 4) is 17.7 Å². The molecule has 0 atom stereocenters. The van der Waals surface area contributed by atoms with Crippen LogP contribution in [0, 0.1) is 11.3 Å². The van der Waals surface area contributed by atoms with Gasteiger partial charge in [0.1, 0.15) is 12.2 Å². The predicted octanol–water partition coefficient (Wildman–Crippen LogP) is 4.10. The molecule has 0 spiro atoms. The summed E-state index contributed by atoms with van der Waals surface area (Å²) in [7, 11) is 1.59. The smallest absolute Gasteiger partial charge is 0.257 e. The molecule has 1 aliphatic carbocycles. The molecule has 0 radical (unpaired) electrons. The molecule has 0 unspecified atom stereocenters. The van der Waals surface area contributed by atoms with Crippen LogP contribution in [0.15, 0.2) is 60.9 Å². The van der Waals surface area contributed by atoms with Crippen molar-refractivity contribution >= 4 is 11.6 Å². The first-order valence-electron chi connectivity index (χ1n) is 9.07. The number of fused-ring (bicyclic) bond motifs is 1. The predicted molar refractivity (Wildman–Crippen MR) is 107 cm³/mol. The van der Waals surface area contributed by atoms with E-state index in [2.05, 4.69) is 28.2 Å². The van der Waals surface area contributed by atoms with Gasteiger partial charge in [-0.15, -0.1) is 0 Å². The first-order chi connectivity index (χ1) is 13.8. The van der Waals surface area contributed by atoms with E-state index in [1.165, 1.54) is 11.1 Å². The van der Waals surface area contributed by atoms with Gasteiger partial charge in [-0.2, -0.15) is 5.26 Å². The lowest BCUT2D eigenvalue weighted by atomic mass is 10.1. The summed E-state index contributed by atoms with van der Waals surface area (Å²) < 4.78 is 11.6. The Hall–Kier alpha value is -3.65. The van der Waals surface area contributed by atoms with Crippen molar-refractivity contribution in [3.63, 3.8) is 0 Å². The van der Waals surface area contributed by atoms with Crippen LogP contribution in [-0.2, 0) is 12.8 Å². The minimum absolute atomic E-state index is 0.00348. The number of benzene rings is 1. The van der Waals surface area contributed by atoms with E-state index >= 15 is 0 Å². The lowest BCUT2D eigenvalue weighted by molar-refractivity contribution is 0.195. The van der Waals surface area contributed by atoms with Crippen LogP contribution in [0.5, 0.6) is 11.6 Å². The van der Waals surface area contributed by atoms with Crippen molar-refractivity contribution in [2.45, 2.75) is 18.9 Å². The van der Waals surface area contributed by atoms with Crippen molar-refractivity contribution in [1.29, 1.82) is 5.26 Å². The van der Waals surface area contributed by atoms with E-state index in [1.807, 2.05) is 24.3 Å². The Morgan fingerprint density at radius 3 is 2.43 bits per heavy atom. The number of aromatic nitrogens is 2. The van der Waals surface area contributed by atoms with Gasteiger partial charge in [-0.25, -0.2) is 4.98 Å². The van der Waals surface area contributed by atoms with E-state index < -0.39 is 0 Å². The molecular formula is C23H19N3O2. The van der Waals surface area contributed by atoms with Crippen LogP contribution in [0.3, 0.4) is 0 Å². The maximum absolute atomic E-state index is 9.61. The number of ether oxygens (including phenoxy) is 2. The summed E-state index contributed by atoms with van der Waals surface area (Å²) in [5.41, 5.74) is 4.49. The minimum Gasteiger partial charge on any atom is -0.491 e. The molecule has 0 N–H and O–H groups in total. The van der Waals surface area contributed by atoms with Gasteiger partial charge in [0.2, 0.25) is 0 Å². The molecule has 0 saturated carbocycles. The lowest BCUT2D eigenvalue weighted by Gasteiger charge is -2.15. The molecular weight excluding hydrogens is 350 g/mol. The molecule has 4 rings (SSSR count). The maximum atomic E-state index is 9.61. The summed E-state index contributed by atoms with van der Waals surface area (Å²) in [5, 5.41) is 9.61. The second-order valence-electron chi connectivity index (χ2n) is 6.57. The normalized spacial score (nSPS) is 13.6. The van der Waals surface area contributed by atoms with Gasteiger partial charge in [-0.3, -0.25) is 4.98 Å². The molecule has 5 nitrogen and oxygen atoms in total. The standard InChI is InChI=1S/C23H19N3O2/c1-27-22-7-6-21(19(15-24)12-16-8-10-25-11-9-16)26-23(22)28-20-13-17-4-2-3-5-18(17)14-20/h2-12,20H,13-14H2,1H3/b19-12+. The number of hydrogen-bond acceptors (Lipinski definition) is 5. The highest BCUT2D eigenvalue weighted by molar-refractivity contribution is 5.88. The number of pyridine rings is 2. The summed E-state index contributed by atoms with van der Waals surface area (Å²) in [6.45, 7) is 0. The quantitative estimate of drug-likeness (QED) is 0.634. The average Bonchev–Trinajstić information content (AvgIpc) is 3.15. The third-order valence-electron chi connectivity index (χ3n) is 4.75. The largest absolute Gasteiger partial charge is 0.491 e. The van der Waals surface area contributed by atoms with E-state index in [4.69, 9.17) is 9.47 Å². The molecule has 2 aromatic heterocycles. The Labute approximate surface area is 163 Å². The van der Waals surface area contributed by atoms with Gasteiger partial charge in [0.05, 0.1) is 18.4 Å². The number of rotatable bonds is 5. The minimum atomic E-state index is 0.00348. The van der Waals surface area contributed by atoms with Crippen molar-refractivity contribution < 1.29 is 9.47 Å². The van der Waals surface area contributed by atoms with Crippen LogP contribution in [0.4, 0.5) is 0 Å². The average molecular weight is 369 g/mol. The van der Waals surface area contributed by atoms with E-state index in [-0.39, 0.29) is 6.10 Å². The Kier molecular flexibility index (Phi) is 5.03. The second-order valence-corrected chi connectivity index (χ2v) is 6.57. The van der Waals surface area contributed by atoms with Crippen LogP contribution >= 0.6 is 0 Å². The number of allylic oxidation sites excluding steroid dienone is 1. The van der Waals surface area contributed by atoms with E-state index in [9.17, 15) is 5.26 Å². The number of methoxy groups -OCH3 is 1. The SMILES string of the molecule is COc1ccc(/C(C#N)=C/c2ccncc2)nc1OC1Cc2ccccc2C1. The van der Waals surface area contributed by atoms with Gasteiger partial charge in [0.25, 0.3) is 5.88 Å². The van der Waals surface area contributed by atoms with Crippen LogP contribution in [-0.4, -0.2) is 23.2 Å². The fraction of sp³-hybridized carbons (Fsp3) is 0.174. The van der Waals surface area contributed by atoms with Crippen molar-refractivity contribution in [2.24, 2.45) is 0 Å². The summed E-state index contributed by atoms with van der Waals surface area (Å²) in [6, 6.07) is 17.8. The van der Waals surface area contributed by atoms with E-state index in [0.29, 0.717) is 22.9 Å². The summed E-state index contributed by atoms with van der Waals surface area (Å²) in [4.78, 5) is 8.58. The van der Waals surface area contributed by atoms with Crippen LogP contribution in [0.1, 0.15) is 22.4 Å². The van der Waals surface area contributed by atoms with E-state index in [1.54, 1.807) is 37.7 Å². The molecule has 3 aromatic rings. The molecule has 1 aliphatic rings. The van der Waals surface area contributed by atoms with Gasteiger partial charge >= 0.3 is 0 Å². The molecule has 0 saturated heterocycles. The van der Waals surface area contributed by atoms with Crippen LogP contribution in [0.25, 0.3) is 11.6 Å². The maximum Gasteiger partial charge on any atom is 0.257 e. The molecule has 0 amide bonds. The van der Waals surface area contributed by atoms with Gasteiger partial charge in [0.15, 0.2) is 5.75 Å². The number of nitrogens with zero attached hydrogens (tertiary/aromatic N) is 3. The van der Waals surface area contributed by atoms with Crippen LogP contribution < -0.4 is 9.47 Å². The van der Waals surface area contributed by atoms with Gasteiger partial charge in [0, 0.05) is 25.2 Å². The fourth-order valence-corrected chi connectivity index (χ4v) is 3.37. The molecule has 5 heteroatoms. The lowest BCUT2D eigenvalue weighted by Crippen LogP contribution is -2.17. The van der Waals surface area contributed by atoms with E-state index in [0.717, 1.165) is 18.4 Å². The van der Waals surface area contributed by atoms with Crippen molar-refractivity contribution in [1.82, 2.24) is 9.97 Å². The topological polar surface area (TPSA) is 68.0 Å². The fourth-order valence-electron chi connectivity index (χ4n) is 3.37. The monoisotopic (exact) mass is 369 g/mol. The first kappa shape index (κ1) is 17.7. The highest BCUT2D eigenvalue weighted by atomic mass is 16.5. The highest BCUT2D eigenvalue weighted by Crippen LogP contribution is 2.31. The zero-order chi connectivity index (χ0) is 19.3. The highest BCUT2D eigenvalue weighted by Gasteiger charge is 2.24. The van der Waals surface area contributed by atoms with Gasteiger partial charge in [-0.1, -0.05) is 24.3 Å². The molecule has 1 aromatic carbocycles. The summed E-state index contributed by atoms with van der Waals surface area (Å²) >= 11 is 0. The Balaban J connectivity index is 1.61. The third kappa shape index (κ3) is 3.72. The van der Waals surface area contributed by atoms with Crippen molar-refractivity contribution in [3.05, 3.63) is 83.3 Å². The van der Waals surface area contributed by atoms with Gasteiger partial charge in [-0.05, 0) is 47.0 Å². The first-order valence-corrected chi connectivity index (χ1v) is 9.07. The molecule has 28 heavy (non-hydrogen) atoms. The molecule has 0 fully saturated rings. The number of nitriles is 1. The van der Waals surface area contributed by atoms with Crippen molar-refractivity contribution in [2.75, 3.05) is 7.11 Å². The zero-order valence-corrected chi connectivity index (χ0v) is 15.5.